The second-order valence-corrected chi connectivity index (χ2v) is 6.30. The molecule has 2 N–H and O–H groups in total. The fourth-order valence-electron chi connectivity index (χ4n) is 2.84. The predicted molar refractivity (Wildman–Crippen MR) is 93.3 cm³/mol. The summed E-state index contributed by atoms with van der Waals surface area (Å²) < 4.78 is 2.53. The SMILES string of the molecule is NC(=O)c1ccccc1-c1ccc2sc3ccccc3c2c1. The molecule has 1 aromatic heterocycles. The Balaban J connectivity index is 2.00. The molecule has 22 heavy (non-hydrogen) atoms. The molecule has 0 radical (unpaired) electrons. The van der Waals surface area contributed by atoms with Crippen LogP contribution in [0, 0.1) is 0 Å². The van der Waals surface area contributed by atoms with Gasteiger partial charge in [-0.2, -0.15) is 0 Å². The van der Waals surface area contributed by atoms with Crippen LogP contribution in [0.1, 0.15) is 10.4 Å². The van der Waals surface area contributed by atoms with E-state index < -0.39 is 5.91 Å². The maximum Gasteiger partial charge on any atom is 0.249 e. The number of hydrogen-bond acceptors (Lipinski definition) is 2. The van der Waals surface area contributed by atoms with E-state index in [2.05, 4.69) is 42.5 Å². The first kappa shape index (κ1) is 13.0. The van der Waals surface area contributed by atoms with Gasteiger partial charge in [0, 0.05) is 25.7 Å². The maximum absolute atomic E-state index is 11.6. The van der Waals surface area contributed by atoms with Crippen molar-refractivity contribution in [1.29, 1.82) is 0 Å². The van der Waals surface area contributed by atoms with Gasteiger partial charge in [-0.25, -0.2) is 0 Å². The normalized spacial score (nSPS) is 11.1. The summed E-state index contributed by atoms with van der Waals surface area (Å²) in [6, 6.07) is 22.2. The van der Waals surface area contributed by atoms with E-state index in [4.69, 9.17) is 5.73 Å². The standard InChI is InChI=1S/C19H13NOS/c20-19(21)15-7-2-1-5-13(15)12-9-10-18-16(11-12)14-6-3-4-8-17(14)22-18/h1-11H,(H2,20,21). The minimum absolute atomic E-state index is 0.397. The highest BCUT2D eigenvalue weighted by Crippen LogP contribution is 2.36. The predicted octanol–water partition coefficient (Wildman–Crippen LogP) is 4.82. The molecule has 0 aliphatic carbocycles. The van der Waals surface area contributed by atoms with E-state index in [0.717, 1.165) is 11.1 Å². The first-order valence-corrected chi connectivity index (χ1v) is 7.86. The van der Waals surface area contributed by atoms with Crippen molar-refractivity contribution in [3.05, 3.63) is 72.3 Å². The minimum atomic E-state index is -0.397. The Morgan fingerprint density at radius 2 is 1.55 bits per heavy atom. The Morgan fingerprint density at radius 1 is 0.818 bits per heavy atom. The van der Waals surface area contributed by atoms with Crippen LogP contribution >= 0.6 is 11.3 Å². The van der Waals surface area contributed by atoms with E-state index in [1.54, 1.807) is 17.4 Å². The highest BCUT2D eigenvalue weighted by molar-refractivity contribution is 7.25. The van der Waals surface area contributed by atoms with Crippen molar-refractivity contribution in [2.45, 2.75) is 0 Å². The van der Waals surface area contributed by atoms with Gasteiger partial charge in [0.05, 0.1) is 0 Å². The molecular weight excluding hydrogens is 290 g/mol. The van der Waals surface area contributed by atoms with Crippen LogP contribution in [-0.4, -0.2) is 5.91 Å². The lowest BCUT2D eigenvalue weighted by Crippen LogP contribution is -2.12. The molecule has 1 heterocycles. The first-order chi connectivity index (χ1) is 10.7. The van der Waals surface area contributed by atoms with Crippen molar-refractivity contribution >= 4 is 37.4 Å². The Bertz CT molecular complexity index is 1020. The van der Waals surface area contributed by atoms with Crippen LogP contribution in [0.3, 0.4) is 0 Å². The molecule has 1 amide bonds. The van der Waals surface area contributed by atoms with Crippen molar-refractivity contribution in [2.75, 3.05) is 0 Å². The van der Waals surface area contributed by atoms with Crippen LogP contribution in [0.15, 0.2) is 66.7 Å². The average Bonchev–Trinajstić information content (AvgIpc) is 2.92. The zero-order chi connectivity index (χ0) is 15.1. The van der Waals surface area contributed by atoms with Crippen LogP contribution in [-0.2, 0) is 0 Å². The summed E-state index contributed by atoms with van der Waals surface area (Å²) in [5, 5.41) is 2.47. The third kappa shape index (κ3) is 1.98. The number of primary amides is 1. The molecule has 0 aliphatic heterocycles. The Morgan fingerprint density at radius 3 is 2.41 bits per heavy atom. The number of nitrogens with two attached hydrogens (primary N) is 1. The Hall–Kier alpha value is -2.65. The summed E-state index contributed by atoms with van der Waals surface area (Å²) in [5.41, 5.74) is 7.96. The van der Waals surface area contributed by atoms with Crippen molar-refractivity contribution in [2.24, 2.45) is 5.73 Å². The molecule has 0 saturated carbocycles. The second-order valence-electron chi connectivity index (χ2n) is 5.22. The van der Waals surface area contributed by atoms with E-state index in [9.17, 15) is 4.79 Å². The summed E-state index contributed by atoms with van der Waals surface area (Å²) in [5.74, 6) is -0.397. The number of carbonyl (C=O) groups is 1. The Labute approximate surface area is 131 Å². The molecule has 0 fully saturated rings. The van der Waals surface area contributed by atoms with Crippen LogP contribution in [0.2, 0.25) is 0 Å². The number of thiophene rings is 1. The summed E-state index contributed by atoms with van der Waals surface area (Å²) in [4.78, 5) is 11.6. The molecule has 4 aromatic rings. The minimum Gasteiger partial charge on any atom is -0.366 e. The molecule has 3 aromatic carbocycles. The van der Waals surface area contributed by atoms with Crippen LogP contribution < -0.4 is 5.73 Å². The van der Waals surface area contributed by atoms with Gasteiger partial charge >= 0.3 is 0 Å². The van der Waals surface area contributed by atoms with Gasteiger partial charge in [-0.05, 0) is 35.4 Å². The fraction of sp³-hybridized carbons (Fsp3) is 0. The third-order valence-corrected chi connectivity index (χ3v) is 5.03. The molecule has 0 bridgehead atoms. The zero-order valence-corrected chi connectivity index (χ0v) is 12.6. The van der Waals surface area contributed by atoms with Crippen LogP contribution in [0.4, 0.5) is 0 Å². The van der Waals surface area contributed by atoms with Gasteiger partial charge in [-0.3, -0.25) is 4.79 Å². The quantitative estimate of drug-likeness (QED) is 0.567. The summed E-state index contributed by atoms with van der Waals surface area (Å²) in [7, 11) is 0. The number of carbonyl (C=O) groups excluding carboxylic acids is 1. The van der Waals surface area contributed by atoms with Gasteiger partial charge in [-0.1, -0.05) is 42.5 Å². The van der Waals surface area contributed by atoms with E-state index >= 15 is 0 Å². The Kier molecular flexibility index (Phi) is 2.94. The van der Waals surface area contributed by atoms with Crippen molar-refractivity contribution in [3.63, 3.8) is 0 Å². The number of rotatable bonds is 2. The third-order valence-electron chi connectivity index (χ3n) is 3.88. The molecular formula is C19H13NOS. The second kappa shape index (κ2) is 4.97. The van der Waals surface area contributed by atoms with Gasteiger partial charge in [0.15, 0.2) is 0 Å². The largest absolute Gasteiger partial charge is 0.366 e. The lowest BCUT2D eigenvalue weighted by molar-refractivity contribution is 0.100. The molecule has 0 atom stereocenters. The van der Waals surface area contributed by atoms with Gasteiger partial charge in [0.2, 0.25) is 5.91 Å². The maximum atomic E-state index is 11.6. The summed E-state index contributed by atoms with van der Waals surface area (Å²) in [6.07, 6.45) is 0. The monoisotopic (exact) mass is 303 g/mol. The highest BCUT2D eigenvalue weighted by Gasteiger charge is 2.11. The van der Waals surface area contributed by atoms with Gasteiger partial charge in [0.1, 0.15) is 0 Å². The van der Waals surface area contributed by atoms with Gasteiger partial charge in [0.25, 0.3) is 0 Å². The molecule has 0 saturated heterocycles. The lowest BCUT2D eigenvalue weighted by Gasteiger charge is -2.07. The molecule has 0 aliphatic rings. The number of hydrogen-bond donors (Lipinski definition) is 1. The lowest BCUT2D eigenvalue weighted by atomic mass is 9.98. The molecule has 0 unspecified atom stereocenters. The van der Waals surface area contributed by atoms with E-state index in [1.165, 1.54) is 20.2 Å². The highest BCUT2D eigenvalue weighted by atomic mass is 32.1. The molecule has 106 valence electrons. The van der Waals surface area contributed by atoms with Gasteiger partial charge in [-0.15, -0.1) is 11.3 Å². The van der Waals surface area contributed by atoms with Crippen molar-refractivity contribution < 1.29 is 4.79 Å². The van der Waals surface area contributed by atoms with Crippen LogP contribution in [0.25, 0.3) is 31.3 Å². The van der Waals surface area contributed by atoms with Crippen molar-refractivity contribution in [1.82, 2.24) is 0 Å². The summed E-state index contributed by atoms with van der Waals surface area (Å²) >= 11 is 1.78. The van der Waals surface area contributed by atoms with E-state index in [-0.39, 0.29) is 0 Å². The zero-order valence-electron chi connectivity index (χ0n) is 11.7. The molecule has 3 heteroatoms. The molecule has 0 spiro atoms. The smallest absolute Gasteiger partial charge is 0.249 e. The molecule has 2 nitrogen and oxygen atoms in total. The molecule has 4 rings (SSSR count). The number of fused-ring (bicyclic) bond motifs is 3. The number of amides is 1. The van der Waals surface area contributed by atoms with Gasteiger partial charge < -0.3 is 5.73 Å². The topological polar surface area (TPSA) is 43.1 Å². The average molecular weight is 303 g/mol. The van der Waals surface area contributed by atoms with Crippen molar-refractivity contribution in [3.8, 4) is 11.1 Å². The fourth-order valence-corrected chi connectivity index (χ4v) is 3.93. The van der Waals surface area contributed by atoms with E-state index in [1.807, 2.05) is 18.2 Å². The first-order valence-electron chi connectivity index (χ1n) is 7.04. The number of benzene rings is 3. The summed E-state index contributed by atoms with van der Waals surface area (Å²) in [6.45, 7) is 0. The van der Waals surface area contributed by atoms with E-state index in [0.29, 0.717) is 5.56 Å². The van der Waals surface area contributed by atoms with Crippen LogP contribution in [0.5, 0.6) is 0 Å².